The first-order valence-electron chi connectivity index (χ1n) is 7.32. The topological polar surface area (TPSA) is 89.3 Å². The fraction of sp³-hybridized carbons (Fsp3) is 0.267. The van der Waals surface area contributed by atoms with Crippen LogP contribution in [0.15, 0.2) is 29.4 Å². The molecule has 130 valence electrons. The first-order chi connectivity index (χ1) is 11.9. The third-order valence-corrected chi connectivity index (χ3v) is 4.31. The van der Waals surface area contributed by atoms with E-state index in [0.29, 0.717) is 21.8 Å². The van der Waals surface area contributed by atoms with Crippen LogP contribution in [-0.4, -0.2) is 53.7 Å². The number of nitrogens with zero attached hydrogens (tertiary/aromatic N) is 6. The van der Waals surface area contributed by atoms with Gasteiger partial charge in [-0.15, -0.1) is 0 Å². The molecule has 1 aliphatic heterocycles. The van der Waals surface area contributed by atoms with Crippen molar-refractivity contribution in [2.75, 3.05) is 41.6 Å². The Balaban J connectivity index is 1.97. The van der Waals surface area contributed by atoms with Crippen LogP contribution in [0.4, 0.5) is 17.6 Å². The number of guanidine groups is 1. The minimum atomic E-state index is -0.232. The number of carbonyl (C=O) groups excluding carboxylic acids is 1. The van der Waals surface area contributed by atoms with E-state index in [2.05, 4.69) is 15.0 Å². The molecule has 1 aromatic carbocycles. The molecule has 8 nitrogen and oxygen atoms in total. The number of aromatic nitrogens is 3. The number of amides is 1. The molecule has 2 aromatic rings. The average Bonchev–Trinajstić information content (AvgIpc) is 2.90. The molecule has 0 aliphatic carbocycles. The SMILES string of the molecule is CSc1nc(N(C)C)nc(N2CC(=O)N(c3ccc(Cl)cc3)C2=N)n1. The quantitative estimate of drug-likeness (QED) is 0.816. The second kappa shape index (κ2) is 6.85. The molecule has 3 rings (SSSR count). The number of thioether (sulfide) groups is 1. The maximum absolute atomic E-state index is 12.5. The van der Waals surface area contributed by atoms with E-state index >= 15 is 0 Å². The summed E-state index contributed by atoms with van der Waals surface area (Å²) < 4.78 is 0. The van der Waals surface area contributed by atoms with Gasteiger partial charge < -0.3 is 4.90 Å². The molecule has 0 spiro atoms. The average molecular weight is 378 g/mol. The van der Waals surface area contributed by atoms with Crippen LogP contribution in [0.3, 0.4) is 0 Å². The highest BCUT2D eigenvalue weighted by atomic mass is 35.5. The number of rotatable bonds is 4. The van der Waals surface area contributed by atoms with E-state index in [1.807, 2.05) is 20.4 Å². The Morgan fingerprint density at radius 3 is 2.48 bits per heavy atom. The van der Waals surface area contributed by atoms with Crippen LogP contribution in [0, 0.1) is 5.41 Å². The van der Waals surface area contributed by atoms with Crippen molar-refractivity contribution in [2.24, 2.45) is 0 Å². The third kappa shape index (κ3) is 3.38. The van der Waals surface area contributed by atoms with Gasteiger partial charge in [0.1, 0.15) is 6.54 Å². The Hall–Kier alpha value is -2.39. The Kier molecular flexibility index (Phi) is 4.78. The Morgan fingerprint density at radius 1 is 1.20 bits per heavy atom. The van der Waals surface area contributed by atoms with Crippen molar-refractivity contribution in [3.63, 3.8) is 0 Å². The van der Waals surface area contributed by atoms with Gasteiger partial charge in [-0.3, -0.25) is 15.1 Å². The summed E-state index contributed by atoms with van der Waals surface area (Å²) in [6.45, 7) is -0.00778. The largest absolute Gasteiger partial charge is 0.347 e. The van der Waals surface area contributed by atoms with Gasteiger partial charge in [-0.25, -0.2) is 4.90 Å². The summed E-state index contributed by atoms with van der Waals surface area (Å²) in [5.41, 5.74) is 0.578. The van der Waals surface area contributed by atoms with Crippen LogP contribution in [0.5, 0.6) is 0 Å². The van der Waals surface area contributed by atoms with E-state index in [4.69, 9.17) is 17.0 Å². The lowest BCUT2D eigenvalue weighted by Crippen LogP contribution is -2.35. The zero-order valence-electron chi connectivity index (χ0n) is 13.9. The van der Waals surface area contributed by atoms with Gasteiger partial charge >= 0.3 is 0 Å². The lowest BCUT2D eigenvalue weighted by Gasteiger charge is -2.20. The molecule has 0 unspecified atom stereocenters. The summed E-state index contributed by atoms with van der Waals surface area (Å²) in [4.78, 5) is 30.0. The van der Waals surface area contributed by atoms with E-state index in [-0.39, 0.29) is 24.4 Å². The lowest BCUT2D eigenvalue weighted by molar-refractivity contribution is -0.115. The van der Waals surface area contributed by atoms with Crippen LogP contribution in [0.1, 0.15) is 0 Å². The highest BCUT2D eigenvalue weighted by molar-refractivity contribution is 7.98. The summed E-state index contributed by atoms with van der Waals surface area (Å²) in [5.74, 6) is 0.512. The number of hydrogen-bond acceptors (Lipinski definition) is 7. The number of anilines is 3. The second-order valence-corrected chi connectivity index (χ2v) is 6.64. The van der Waals surface area contributed by atoms with E-state index in [1.54, 1.807) is 29.2 Å². The molecule has 10 heteroatoms. The fourth-order valence-electron chi connectivity index (χ4n) is 2.29. The second-order valence-electron chi connectivity index (χ2n) is 5.43. The number of halogens is 1. The first kappa shape index (κ1) is 17.4. The smallest absolute Gasteiger partial charge is 0.254 e. The molecule has 1 aliphatic rings. The van der Waals surface area contributed by atoms with E-state index in [0.717, 1.165) is 0 Å². The van der Waals surface area contributed by atoms with Gasteiger partial charge in [0.15, 0.2) is 5.16 Å². The van der Waals surface area contributed by atoms with Crippen molar-refractivity contribution in [1.29, 1.82) is 5.41 Å². The molecule has 1 amide bonds. The molecule has 0 bridgehead atoms. The minimum Gasteiger partial charge on any atom is -0.347 e. The molecule has 1 aromatic heterocycles. The predicted molar refractivity (Wildman–Crippen MR) is 99.9 cm³/mol. The molecule has 1 saturated heterocycles. The highest BCUT2D eigenvalue weighted by Gasteiger charge is 2.37. The molecule has 25 heavy (non-hydrogen) atoms. The molecule has 0 atom stereocenters. The van der Waals surface area contributed by atoms with Gasteiger partial charge in [0.05, 0.1) is 5.69 Å². The fourth-order valence-corrected chi connectivity index (χ4v) is 2.76. The highest BCUT2D eigenvalue weighted by Crippen LogP contribution is 2.26. The number of nitrogens with one attached hydrogen (secondary N) is 1. The van der Waals surface area contributed by atoms with Crippen LogP contribution in [0.25, 0.3) is 0 Å². The number of carbonyl (C=O) groups is 1. The zero-order valence-corrected chi connectivity index (χ0v) is 15.5. The number of benzene rings is 1. The van der Waals surface area contributed by atoms with Gasteiger partial charge in [0.25, 0.3) is 5.91 Å². The summed E-state index contributed by atoms with van der Waals surface area (Å²) in [7, 11) is 3.65. The van der Waals surface area contributed by atoms with Crippen LogP contribution < -0.4 is 14.7 Å². The van der Waals surface area contributed by atoms with Gasteiger partial charge in [-0.2, -0.15) is 15.0 Å². The molecule has 0 saturated carbocycles. The minimum absolute atomic E-state index is 0.00437. The summed E-state index contributed by atoms with van der Waals surface area (Å²) in [5, 5.41) is 9.50. The van der Waals surface area contributed by atoms with Crippen molar-refractivity contribution >= 4 is 52.8 Å². The van der Waals surface area contributed by atoms with Gasteiger partial charge in [-0.05, 0) is 30.5 Å². The van der Waals surface area contributed by atoms with Crippen molar-refractivity contribution < 1.29 is 4.79 Å². The zero-order chi connectivity index (χ0) is 18.1. The third-order valence-electron chi connectivity index (χ3n) is 3.51. The lowest BCUT2D eigenvalue weighted by atomic mass is 10.3. The van der Waals surface area contributed by atoms with Crippen molar-refractivity contribution in [3.05, 3.63) is 29.3 Å². The van der Waals surface area contributed by atoms with Crippen molar-refractivity contribution in [1.82, 2.24) is 15.0 Å². The summed E-state index contributed by atoms with van der Waals surface area (Å²) in [6, 6.07) is 6.76. The van der Waals surface area contributed by atoms with E-state index < -0.39 is 0 Å². The maximum Gasteiger partial charge on any atom is 0.254 e. The molecule has 1 N–H and O–H groups in total. The molecule has 2 heterocycles. The van der Waals surface area contributed by atoms with E-state index in [1.165, 1.54) is 21.6 Å². The Bertz CT molecular complexity index is 827. The van der Waals surface area contributed by atoms with Crippen LogP contribution in [-0.2, 0) is 4.79 Å². The first-order valence-corrected chi connectivity index (χ1v) is 8.93. The van der Waals surface area contributed by atoms with Crippen LogP contribution >= 0.6 is 23.4 Å². The summed E-state index contributed by atoms with van der Waals surface area (Å²) >= 11 is 7.27. The standard InChI is InChI=1S/C15H16ClN7OS/c1-21(2)13-18-14(20-15(19-13)25-3)22-8-11(24)23(12(22)17)10-6-4-9(16)5-7-10/h4-7,17H,8H2,1-3H3. The van der Waals surface area contributed by atoms with Crippen LogP contribution in [0.2, 0.25) is 5.02 Å². The Labute approximate surface area is 154 Å². The molecule has 0 radical (unpaired) electrons. The molecule has 1 fully saturated rings. The van der Waals surface area contributed by atoms with Crippen molar-refractivity contribution in [3.8, 4) is 0 Å². The molecular weight excluding hydrogens is 362 g/mol. The van der Waals surface area contributed by atoms with E-state index in [9.17, 15) is 4.79 Å². The normalized spacial score (nSPS) is 14.4. The number of hydrogen-bond donors (Lipinski definition) is 1. The Morgan fingerprint density at radius 2 is 1.88 bits per heavy atom. The predicted octanol–water partition coefficient (Wildman–Crippen LogP) is 2.10. The van der Waals surface area contributed by atoms with Gasteiger partial charge in [0, 0.05) is 19.1 Å². The monoisotopic (exact) mass is 377 g/mol. The summed E-state index contributed by atoms with van der Waals surface area (Å²) in [6.07, 6.45) is 1.86. The molecular formula is C15H16ClN7OS. The van der Waals surface area contributed by atoms with Gasteiger partial charge in [0.2, 0.25) is 17.9 Å². The van der Waals surface area contributed by atoms with Crippen molar-refractivity contribution in [2.45, 2.75) is 5.16 Å². The maximum atomic E-state index is 12.5. The van der Waals surface area contributed by atoms with Gasteiger partial charge in [-0.1, -0.05) is 23.4 Å².